The quantitative estimate of drug-likeness (QED) is 0.539. The highest BCUT2D eigenvalue weighted by molar-refractivity contribution is 6.39. The maximum atomic E-state index is 13.6. The van der Waals surface area contributed by atoms with Gasteiger partial charge in [0.2, 0.25) is 11.8 Å². The highest BCUT2D eigenvalue weighted by Gasteiger charge is 2.25. The summed E-state index contributed by atoms with van der Waals surface area (Å²) in [6.45, 7) is -0.562. The molecular weight excluding hydrogens is 420 g/mol. The van der Waals surface area contributed by atoms with Gasteiger partial charge in [0, 0.05) is 12.8 Å². The molecule has 162 valence electrons. The van der Waals surface area contributed by atoms with E-state index >= 15 is 0 Å². The molecular formula is C20H16F4N4O3. The molecule has 1 aliphatic rings. The predicted octanol–water partition coefficient (Wildman–Crippen LogP) is 2.48. The number of benzene rings is 2. The molecule has 3 amide bonds. The van der Waals surface area contributed by atoms with E-state index in [4.69, 9.17) is 0 Å². The molecule has 0 unspecified atom stereocenters. The summed E-state index contributed by atoms with van der Waals surface area (Å²) in [5.74, 6) is -7.06. The molecule has 0 fully saturated rings. The summed E-state index contributed by atoms with van der Waals surface area (Å²) in [5, 5.41) is 9.35. The van der Waals surface area contributed by atoms with Crippen LogP contribution in [0.25, 0.3) is 0 Å². The molecule has 0 aliphatic carbocycles. The highest BCUT2D eigenvalue weighted by atomic mass is 19.2. The third-order valence-corrected chi connectivity index (χ3v) is 4.33. The van der Waals surface area contributed by atoms with Gasteiger partial charge in [-0.3, -0.25) is 14.4 Å². The minimum Gasteiger partial charge on any atom is -0.342 e. The van der Waals surface area contributed by atoms with Crippen LogP contribution in [0, 0.1) is 23.3 Å². The number of carbonyl (C=O) groups excluding carboxylic acids is 3. The van der Waals surface area contributed by atoms with Crippen LogP contribution >= 0.6 is 0 Å². The Morgan fingerprint density at radius 3 is 2.39 bits per heavy atom. The molecule has 2 aromatic rings. The normalized spacial score (nSPS) is 13.6. The molecule has 0 bridgehead atoms. The van der Waals surface area contributed by atoms with E-state index in [1.807, 2.05) is 5.32 Å². The number of amides is 3. The summed E-state index contributed by atoms with van der Waals surface area (Å²) in [4.78, 5) is 36.2. The Bertz CT molecular complexity index is 1060. The number of carbonyl (C=O) groups is 3. The topological polar surface area (TPSA) is 90.9 Å². The third kappa shape index (κ3) is 5.44. The van der Waals surface area contributed by atoms with Crippen molar-refractivity contribution in [1.29, 1.82) is 0 Å². The Morgan fingerprint density at radius 2 is 1.68 bits per heavy atom. The van der Waals surface area contributed by atoms with Crippen LogP contribution in [0.1, 0.15) is 18.4 Å². The zero-order chi connectivity index (χ0) is 22.5. The van der Waals surface area contributed by atoms with E-state index in [1.165, 1.54) is 24.3 Å². The van der Waals surface area contributed by atoms with Crippen molar-refractivity contribution in [1.82, 2.24) is 10.3 Å². The van der Waals surface area contributed by atoms with Gasteiger partial charge in [0.25, 0.3) is 5.91 Å². The lowest BCUT2D eigenvalue weighted by Crippen LogP contribution is -2.41. The second-order valence-electron chi connectivity index (χ2n) is 6.58. The fourth-order valence-electron chi connectivity index (χ4n) is 2.73. The van der Waals surface area contributed by atoms with Gasteiger partial charge in [0.1, 0.15) is 11.5 Å². The Balaban J connectivity index is 1.59. The molecule has 0 saturated carbocycles. The number of anilines is 1. The zero-order valence-corrected chi connectivity index (χ0v) is 15.9. The SMILES string of the molecule is O=C(CNC(=O)C1=NN(Cc2ccc(F)cc2)C(=O)CC1)Nc1ccc(F)c(F)c1F. The summed E-state index contributed by atoms with van der Waals surface area (Å²) in [7, 11) is 0. The molecule has 31 heavy (non-hydrogen) atoms. The molecule has 0 spiro atoms. The van der Waals surface area contributed by atoms with Gasteiger partial charge in [-0.15, -0.1) is 0 Å². The van der Waals surface area contributed by atoms with Crippen LogP contribution in [0.3, 0.4) is 0 Å². The van der Waals surface area contributed by atoms with Crippen molar-refractivity contribution in [3.05, 3.63) is 65.2 Å². The first-order valence-electron chi connectivity index (χ1n) is 9.08. The number of hydrogen-bond acceptors (Lipinski definition) is 4. The highest BCUT2D eigenvalue weighted by Crippen LogP contribution is 2.19. The van der Waals surface area contributed by atoms with Gasteiger partial charge in [-0.05, 0) is 29.8 Å². The first kappa shape index (κ1) is 21.9. The van der Waals surface area contributed by atoms with Crippen LogP contribution in [-0.2, 0) is 20.9 Å². The van der Waals surface area contributed by atoms with Crippen molar-refractivity contribution in [2.24, 2.45) is 5.10 Å². The first-order valence-corrected chi connectivity index (χ1v) is 9.08. The van der Waals surface area contributed by atoms with E-state index in [9.17, 15) is 31.9 Å². The first-order chi connectivity index (χ1) is 14.7. The lowest BCUT2D eigenvalue weighted by molar-refractivity contribution is -0.132. The van der Waals surface area contributed by atoms with Crippen molar-refractivity contribution >= 4 is 29.1 Å². The minimum atomic E-state index is -1.73. The number of nitrogens with one attached hydrogen (secondary N) is 2. The fourth-order valence-corrected chi connectivity index (χ4v) is 2.73. The van der Waals surface area contributed by atoms with Gasteiger partial charge in [-0.1, -0.05) is 12.1 Å². The molecule has 7 nitrogen and oxygen atoms in total. The number of hydrogen-bond donors (Lipinski definition) is 2. The summed E-state index contributed by atoms with van der Waals surface area (Å²) < 4.78 is 52.7. The molecule has 2 N–H and O–H groups in total. The molecule has 3 rings (SSSR count). The van der Waals surface area contributed by atoms with Gasteiger partial charge in [-0.25, -0.2) is 22.6 Å². The molecule has 0 saturated heterocycles. The second kappa shape index (κ2) is 9.37. The molecule has 0 aromatic heterocycles. The fraction of sp³-hybridized carbons (Fsp3) is 0.200. The number of hydrazone groups is 1. The maximum Gasteiger partial charge on any atom is 0.267 e. The average molecular weight is 436 g/mol. The van der Waals surface area contributed by atoms with Crippen molar-refractivity contribution in [3.63, 3.8) is 0 Å². The number of nitrogens with zero attached hydrogens (tertiary/aromatic N) is 2. The summed E-state index contributed by atoms with van der Waals surface area (Å²) in [6.07, 6.45) is 0.0592. The van der Waals surface area contributed by atoms with Crippen LogP contribution in [0.15, 0.2) is 41.5 Å². The Morgan fingerprint density at radius 1 is 0.968 bits per heavy atom. The maximum absolute atomic E-state index is 13.6. The molecule has 11 heteroatoms. The largest absolute Gasteiger partial charge is 0.342 e. The monoisotopic (exact) mass is 436 g/mol. The van der Waals surface area contributed by atoms with Gasteiger partial charge in [-0.2, -0.15) is 5.10 Å². The Hall–Kier alpha value is -3.76. The van der Waals surface area contributed by atoms with E-state index in [1.54, 1.807) is 0 Å². The van der Waals surface area contributed by atoms with Crippen LogP contribution in [-0.4, -0.2) is 35.0 Å². The van der Waals surface area contributed by atoms with Crippen molar-refractivity contribution < 1.29 is 31.9 Å². The lowest BCUT2D eigenvalue weighted by atomic mass is 10.1. The molecule has 1 aliphatic heterocycles. The van der Waals surface area contributed by atoms with Gasteiger partial charge in [0.15, 0.2) is 17.5 Å². The average Bonchev–Trinajstić information content (AvgIpc) is 2.75. The summed E-state index contributed by atoms with van der Waals surface area (Å²) in [5.41, 5.74) is 0.0193. The van der Waals surface area contributed by atoms with Gasteiger partial charge in [0.05, 0.1) is 18.8 Å². The second-order valence-corrected chi connectivity index (χ2v) is 6.58. The minimum absolute atomic E-state index is 0.00600. The van der Waals surface area contributed by atoms with Gasteiger partial charge >= 0.3 is 0 Å². The lowest BCUT2D eigenvalue weighted by Gasteiger charge is -2.23. The zero-order valence-electron chi connectivity index (χ0n) is 15.9. The summed E-state index contributed by atoms with van der Waals surface area (Å²) >= 11 is 0. The van der Waals surface area contributed by atoms with Crippen LogP contribution in [0.5, 0.6) is 0 Å². The number of rotatable bonds is 6. The van der Waals surface area contributed by atoms with Crippen LogP contribution in [0.2, 0.25) is 0 Å². The standard InChI is InChI=1S/C20H16F4N4O3/c21-12-3-1-11(2-4-12)10-28-17(30)8-7-15(27-28)20(31)25-9-16(29)26-14-6-5-13(22)18(23)19(14)24/h1-6H,7-10H2,(H,25,31)(H,26,29). The van der Waals surface area contributed by atoms with E-state index in [-0.39, 0.29) is 31.0 Å². The van der Waals surface area contributed by atoms with E-state index in [2.05, 4.69) is 10.4 Å². The Kier molecular flexibility index (Phi) is 6.63. The van der Waals surface area contributed by atoms with Crippen molar-refractivity contribution in [2.75, 3.05) is 11.9 Å². The smallest absolute Gasteiger partial charge is 0.267 e. The van der Waals surface area contributed by atoms with Crippen molar-refractivity contribution in [2.45, 2.75) is 19.4 Å². The Labute approximate surface area is 173 Å². The van der Waals surface area contributed by atoms with Gasteiger partial charge < -0.3 is 10.6 Å². The van der Waals surface area contributed by atoms with Crippen LogP contribution in [0.4, 0.5) is 23.2 Å². The molecule has 1 heterocycles. The number of halogens is 4. The predicted molar refractivity (Wildman–Crippen MR) is 102 cm³/mol. The molecule has 2 aromatic carbocycles. The van der Waals surface area contributed by atoms with Crippen LogP contribution < -0.4 is 10.6 Å². The van der Waals surface area contributed by atoms with E-state index in [0.717, 1.165) is 11.1 Å². The molecule has 0 atom stereocenters. The van der Waals surface area contributed by atoms with Crippen molar-refractivity contribution in [3.8, 4) is 0 Å². The van der Waals surface area contributed by atoms with E-state index < -0.39 is 47.3 Å². The molecule has 0 radical (unpaired) electrons. The third-order valence-electron chi connectivity index (χ3n) is 4.33. The summed E-state index contributed by atoms with van der Waals surface area (Å²) in [6, 6.07) is 6.92. The van der Waals surface area contributed by atoms with E-state index in [0.29, 0.717) is 11.6 Å².